The molecule has 5 rings (SSSR count). The molecule has 1 unspecified atom stereocenters. The minimum absolute atomic E-state index is 0.0781. The summed E-state index contributed by atoms with van der Waals surface area (Å²) in [4.78, 5) is 12.5. The van der Waals surface area contributed by atoms with Gasteiger partial charge in [0.15, 0.2) is 0 Å². The Morgan fingerprint density at radius 3 is 2.93 bits per heavy atom. The topological polar surface area (TPSA) is 56.1 Å². The summed E-state index contributed by atoms with van der Waals surface area (Å²) in [6, 6.07) is 11.9. The number of morpholine rings is 1. The van der Waals surface area contributed by atoms with E-state index in [4.69, 9.17) is 16.3 Å². The zero-order valence-electron chi connectivity index (χ0n) is 15.0. The molecular formula is C20H18ClN5OS. The highest BCUT2D eigenvalue weighted by molar-refractivity contribution is 7.22. The molecule has 1 aromatic carbocycles. The molecule has 28 heavy (non-hydrogen) atoms. The fraction of sp³-hybridized carbons (Fsp3) is 0.250. The van der Waals surface area contributed by atoms with E-state index in [0.717, 1.165) is 51.1 Å². The number of ether oxygens (including phenoxy) is 1. The molecular weight excluding hydrogens is 394 g/mol. The van der Waals surface area contributed by atoms with Crippen molar-refractivity contribution in [3.8, 4) is 10.4 Å². The van der Waals surface area contributed by atoms with Crippen molar-refractivity contribution in [3.05, 3.63) is 60.1 Å². The molecule has 3 aromatic heterocycles. The van der Waals surface area contributed by atoms with Gasteiger partial charge >= 0.3 is 0 Å². The van der Waals surface area contributed by atoms with Crippen LogP contribution in [-0.2, 0) is 11.3 Å². The van der Waals surface area contributed by atoms with Crippen molar-refractivity contribution >= 4 is 39.0 Å². The molecule has 0 aliphatic carbocycles. The number of anilines is 1. The molecule has 4 heterocycles. The van der Waals surface area contributed by atoms with E-state index < -0.39 is 0 Å². The highest BCUT2D eigenvalue weighted by Crippen LogP contribution is 2.37. The Balaban J connectivity index is 1.44. The monoisotopic (exact) mass is 411 g/mol. The molecule has 0 spiro atoms. The molecule has 1 saturated heterocycles. The van der Waals surface area contributed by atoms with Gasteiger partial charge in [0.1, 0.15) is 12.1 Å². The number of hydrogen-bond acceptors (Lipinski definition) is 6. The van der Waals surface area contributed by atoms with E-state index >= 15 is 0 Å². The van der Waals surface area contributed by atoms with Gasteiger partial charge in [-0.05, 0) is 29.8 Å². The average molecular weight is 412 g/mol. The normalized spacial score (nSPS) is 17.3. The second-order valence-electron chi connectivity index (χ2n) is 6.70. The highest BCUT2D eigenvalue weighted by Gasteiger charge is 2.24. The Kier molecular flexibility index (Phi) is 4.72. The van der Waals surface area contributed by atoms with E-state index in [1.807, 2.05) is 41.2 Å². The SMILES string of the molecule is Clc1ccc(-c2cc3ncnc(N4CCOC(Cn5cccn5)C4)c3s2)cc1. The van der Waals surface area contributed by atoms with Crippen LogP contribution in [0.25, 0.3) is 20.7 Å². The van der Waals surface area contributed by atoms with Crippen LogP contribution in [0.5, 0.6) is 0 Å². The van der Waals surface area contributed by atoms with Gasteiger partial charge in [-0.1, -0.05) is 23.7 Å². The molecule has 6 nitrogen and oxygen atoms in total. The Bertz CT molecular complexity index is 1080. The average Bonchev–Trinajstić information content (AvgIpc) is 3.38. The number of halogens is 1. The van der Waals surface area contributed by atoms with Gasteiger partial charge in [0, 0.05) is 35.4 Å². The third-order valence-corrected chi connectivity index (χ3v) is 6.23. The van der Waals surface area contributed by atoms with Crippen molar-refractivity contribution in [2.24, 2.45) is 0 Å². The molecule has 0 bridgehead atoms. The van der Waals surface area contributed by atoms with Crippen molar-refractivity contribution in [1.29, 1.82) is 0 Å². The van der Waals surface area contributed by atoms with Crippen molar-refractivity contribution in [2.45, 2.75) is 12.6 Å². The van der Waals surface area contributed by atoms with Crippen molar-refractivity contribution in [2.75, 3.05) is 24.6 Å². The van der Waals surface area contributed by atoms with E-state index in [0.29, 0.717) is 6.61 Å². The first kappa shape index (κ1) is 17.6. The largest absolute Gasteiger partial charge is 0.373 e. The lowest BCUT2D eigenvalue weighted by Gasteiger charge is -2.33. The Morgan fingerprint density at radius 2 is 2.11 bits per heavy atom. The Hall–Kier alpha value is -2.48. The third kappa shape index (κ3) is 3.48. The van der Waals surface area contributed by atoms with Crippen LogP contribution in [0.1, 0.15) is 0 Å². The maximum Gasteiger partial charge on any atom is 0.150 e. The van der Waals surface area contributed by atoms with Crippen LogP contribution in [0.15, 0.2) is 55.1 Å². The second kappa shape index (κ2) is 7.50. The Morgan fingerprint density at radius 1 is 1.21 bits per heavy atom. The van der Waals surface area contributed by atoms with Gasteiger partial charge in [-0.3, -0.25) is 4.68 Å². The van der Waals surface area contributed by atoms with Crippen LogP contribution in [0.2, 0.25) is 5.02 Å². The van der Waals surface area contributed by atoms with Crippen LogP contribution in [0, 0.1) is 0 Å². The first-order valence-electron chi connectivity index (χ1n) is 9.11. The van der Waals surface area contributed by atoms with Gasteiger partial charge in [0.05, 0.1) is 29.5 Å². The minimum Gasteiger partial charge on any atom is -0.373 e. The van der Waals surface area contributed by atoms with Gasteiger partial charge in [0.25, 0.3) is 0 Å². The fourth-order valence-corrected chi connectivity index (χ4v) is 4.72. The van der Waals surface area contributed by atoms with Crippen molar-refractivity contribution < 1.29 is 4.74 Å². The Labute approximate surface area is 171 Å². The predicted molar refractivity (Wildman–Crippen MR) is 112 cm³/mol. The quantitative estimate of drug-likeness (QED) is 0.505. The zero-order chi connectivity index (χ0) is 18.9. The molecule has 0 saturated carbocycles. The number of thiophene rings is 1. The number of nitrogens with zero attached hydrogens (tertiary/aromatic N) is 5. The summed E-state index contributed by atoms with van der Waals surface area (Å²) in [6.07, 6.45) is 5.48. The van der Waals surface area contributed by atoms with E-state index in [1.54, 1.807) is 23.9 Å². The lowest BCUT2D eigenvalue weighted by molar-refractivity contribution is 0.0273. The lowest BCUT2D eigenvalue weighted by Crippen LogP contribution is -2.44. The van der Waals surface area contributed by atoms with Crippen molar-refractivity contribution in [3.63, 3.8) is 0 Å². The third-order valence-electron chi connectivity index (χ3n) is 4.81. The van der Waals surface area contributed by atoms with Crippen LogP contribution < -0.4 is 4.90 Å². The number of benzene rings is 1. The molecule has 142 valence electrons. The van der Waals surface area contributed by atoms with Gasteiger partial charge in [-0.15, -0.1) is 11.3 Å². The second-order valence-corrected chi connectivity index (χ2v) is 8.18. The minimum atomic E-state index is 0.0781. The van der Waals surface area contributed by atoms with Crippen LogP contribution in [-0.4, -0.2) is 45.5 Å². The molecule has 8 heteroatoms. The van der Waals surface area contributed by atoms with Gasteiger partial charge in [0.2, 0.25) is 0 Å². The van der Waals surface area contributed by atoms with E-state index in [1.165, 1.54) is 0 Å². The zero-order valence-corrected chi connectivity index (χ0v) is 16.6. The maximum atomic E-state index is 6.03. The summed E-state index contributed by atoms with van der Waals surface area (Å²) in [5.74, 6) is 0.976. The van der Waals surface area contributed by atoms with Gasteiger partial charge in [-0.2, -0.15) is 5.10 Å². The molecule has 4 aromatic rings. The van der Waals surface area contributed by atoms with Crippen LogP contribution in [0.3, 0.4) is 0 Å². The predicted octanol–water partition coefficient (Wildman–Crippen LogP) is 4.11. The van der Waals surface area contributed by atoms with Crippen LogP contribution in [0.4, 0.5) is 5.82 Å². The maximum absolute atomic E-state index is 6.03. The molecule has 1 fully saturated rings. The first-order valence-corrected chi connectivity index (χ1v) is 10.3. The number of fused-ring (bicyclic) bond motifs is 1. The first-order chi connectivity index (χ1) is 13.8. The summed E-state index contributed by atoms with van der Waals surface area (Å²) in [6.45, 7) is 3.00. The summed E-state index contributed by atoms with van der Waals surface area (Å²) in [5, 5.41) is 5.02. The fourth-order valence-electron chi connectivity index (χ4n) is 3.46. The standard InChI is InChI=1S/C20H18ClN5OS/c21-15-4-2-14(3-5-15)18-10-17-19(28-18)20(23-13-22-17)25-8-9-27-16(11-25)12-26-7-1-6-24-26/h1-7,10,13,16H,8-9,11-12H2. The molecule has 0 N–H and O–H groups in total. The van der Waals surface area contributed by atoms with Crippen LogP contribution >= 0.6 is 22.9 Å². The molecule has 1 aliphatic rings. The van der Waals surface area contributed by atoms with Gasteiger partial charge in [-0.25, -0.2) is 9.97 Å². The smallest absolute Gasteiger partial charge is 0.150 e. The summed E-state index contributed by atoms with van der Waals surface area (Å²) < 4.78 is 8.96. The molecule has 1 atom stereocenters. The van der Waals surface area contributed by atoms with E-state index in [-0.39, 0.29) is 6.10 Å². The summed E-state index contributed by atoms with van der Waals surface area (Å²) >= 11 is 7.74. The van der Waals surface area contributed by atoms with Gasteiger partial charge < -0.3 is 9.64 Å². The lowest BCUT2D eigenvalue weighted by atomic mass is 10.2. The number of aromatic nitrogens is 4. The van der Waals surface area contributed by atoms with E-state index in [9.17, 15) is 0 Å². The molecule has 0 radical (unpaired) electrons. The van der Waals surface area contributed by atoms with E-state index in [2.05, 4.69) is 26.0 Å². The number of rotatable bonds is 4. The van der Waals surface area contributed by atoms with Crippen molar-refractivity contribution in [1.82, 2.24) is 19.7 Å². The molecule has 1 aliphatic heterocycles. The molecule has 0 amide bonds. The highest BCUT2D eigenvalue weighted by atomic mass is 35.5. The number of hydrogen-bond donors (Lipinski definition) is 0. The summed E-state index contributed by atoms with van der Waals surface area (Å²) in [7, 11) is 0. The summed E-state index contributed by atoms with van der Waals surface area (Å²) in [5.41, 5.74) is 2.10.